The number of hydrogen-bond donors (Lipinski definition) is 3. The minimum atomic E-state index is 0. The lowest BCUT2D eigenvalue weighted by Crippen LogP contribution is -2.40. The van der Waals surface area contributed by atoms with Crippen LogP contribution in [-0.4, -0.2) is 37.7 Å². The number of hydrogen-bond acceptors (Lipinski definition) is 2. The quantitative estimate of drug-likeness (QED) is 0.209. The molecule has 0 saturated heterocycles. The zero-order valence-corrected chi connectivity index (χ0v) is 18.1. The first kappa shape index (κ1) is 21.1. The molecular formula is C21H27IN4O. The number of ether oxygens (including phenoxy) is 1. The van der Waals surface area contributed by atoms with Crippen molar-refractivity contribution >= 4 is 40.8 Å². The molecule has 0 aliphatic rings. The number of aryl methyl sites for hydroxylation is 1. The van der Waals surface area contributed by atoms with Gasteiger partial charge < -0.3 is 20.4 Å². The second-order valence-electron chi connectivity index (χ2n) is 6.11. The fraction of sp³-hybridized carbons (Fsp3) is 0.286. The van der Waals surface area contributed by atoms with Crippen LogP contribution >= 0.6 is 24.0 Å². The first-order valence-corrected chi connectivity index (χ1v) is 8.96. The van der Waals surface area contributed by atoms with Gasteiger partial charge in [0.1, 0.15) is 12.4 Å². The number of fused-ring (bicyclic) bond motifs is 1. The molecule has 0 spiro atoms. The summed E-state index contributed by atoms with van der Waals surface area (Å²) in [5, 5.41) is 7.94. The molecule has 0 aliphatic heterocycles. The van der Waals surface area contributed by atoms with Crippen molar-refractivity contribution in [1.29, 1.82) is 0 Å². The van der Waals surface area contributed by atoms with Gasteiger partial charge in [0, 0.05) is 30.2 Å². The Bertz CT molecular complexity index is 861. The lowest BCUT2D eigenvalue weighted by atomic mass is 10.1. The maximum absolute atomic E-state index is 5.68. The molecule has 2 aromatic carbocycles. The van der Waals surface area contributed by atoms with E-state index in [-0.39, 0.29) is 24.0 Å². The third kappa shape index (κ3) is 5.89. The van der Waals surface area contributed by atoms with Crippen LogP contribution in [0.3, 0.4) is 0 Å². The van der Waals surface area contributed by atoms with Crippen molar-refractivity contribution in [3.63, 3.8) is 0 Å². The van der Waals surface area contributed by atoms with E-state index in [1.807, 2.05) is 30.3 Å². The predicted molar refractivity (Wildman–Crippen MR) is 123 cm³/mol. The third-order valence-electron chi connectivity index (χ3n) is 4.32. The van der Waals surface area contributed by atoms with Gasteiger partial charge in [-0.3, -0.25) is 4.99 Å². The molecule has 0 aliphatic carbocycles. The Balaban J connectivity index is 0.00000261. The summed E-state index contributed by atoms with van der Waals surface area (Å²) in [6, 6.07) is 18.3. The van der Waals surface area contributed by atoms with Gasteiger partial charge in [0.05, 0.1) is 6.54 Å². The van der Waals surface area contributed by atoms with Gasteiger partial charge in [-0.05, 0) is 37.1 Å². The van der Waals surface area contributed by atoms with E-state index in [2.05, 4.69) is 51.8 Å². The molecule has 144 valence electrons. The Labute approximate surface area is 177 Å². The number of para-hydroxylation sites is 2. The topological polar surface area (TPSA) is 61.4 Å². The minimum absolute atomic E-state index is 0. The first-order valence-electron chi connectivity index (χ1n) is 8.96. The second-order valence-corrected chi connectivity index (χ2v) is 6.11. The van der Waals surface area contributed by atoms with Gasteiger partial charge in [-0.1, -0.05) is 36.4 Å². The third-order valence-corrected chi connectivity index (χ3v) is 4.32. The van der Waals surface area contributed by atoms with E-state index in [9.17, 15) is 0 Å². The Morgan fingerprint density at radius 1 is 1.00 bits per heavy atom. The first-order chi connectivity index (χ1) is 12.8. The fourth-order valence-corrected chi connectivity index (χ4v) is 3.04. The van der Waals surface area contributed by atoms with Crippen molar-refractivity contribution in [2.24, 2.45) is 4.99 Å². The van der Waals surface area contributed by atoms with E-state index in [1.165, 1.54) is 22.2 Å². The van der Waals surface area contributed by atoms with Crippen LogP contribution in [0.25, 0.3) is 10.9 Å². The predicted octanol–water partition coefficient (Wildman–Crippen LogP) is 3.88. The number of rotatable bonds is 7. The summed E-state index contributed by atoms with van der Waals surface area (Å²) in [5.74, 6) is 1.67. The average molecular weight is 478 g/mol. The Hall–Kier alpha value is -2.22. The highest BCUT2D eigenvalue weighted by Gasteiger charge is 2.07. The van der Waals surface area contributed by atoms with Crippen LogP contribution < -0.4 is 15.4 Å². The lowest BCUT2D eigenvalue weighted by Gasteiger charge is -2.12. The van der Waals surface area contributed by atoms with Crippen LogP contribution in [0.5, 0.6) is 5.75 Å². The fourth-order valence-electron chi connectivity index (χ4n) is 3.04. The molecule has 0 radical (unpaired) electrons. The number of halogens is 1. The van der Waals surface area contributed by atoms with Gasteiger partial charge in [-0.15, -0.1) is 24.0 Å². The Morgan fingerprint density at radius 3 is 2.48 bits per heavy atom. The molecule has 3 rings (SSSR count). The minimum Gasteiger partial charge on any atom is -0.492 e. The van der Waals surface area contributed by atoms with Gasteiger partial charge in [0.15, 0.2) is 5.96 Å². The summed E-state index contributed by atoms with van der Waals surface area (Å²) in [6.07, 6.45) is 0.942. The largest absolute Gasteiger partial charge is 0.492 e. The maximum Gasteiger partial charge on any atom is 0.191 e. The van der Waals surface area contributed by atoms with Gasteiger partial charge >= 0.3 is 0 Å². The van der Waals surface area contributed by atoms with Crippen LogP contribution in [0.2, 0.25) is 0 Å². The van der Waals surface area contributed by atoms with E-state index in [0.29, 0.717) is 13.2 Å². The summed E-state index contributed by atoms with van der Waals surface area (Å²) in [4.78, 5) is 7.71. The summed E-state index contributed by atoms with van der Waals surface area (Å²) in [5.41, 5.74) is 3.78. The molecular weight excluding hydrogens is 451 g/mol. The number of aromatic nitrogens is 1. The van der Waals surface area contributed by atoms with Gasteiger partial charge in [-0.2, -0.15) is 0 Å². The van der Waals surface area contributed by atoms with E-state index in [0.717, 1.165) is 24.7 Å². The molecule has 3 N–H and O–H groups in total. The number of nitrogens with one attached hydrogen (secondary N) is 3. The lowest BCUT2D eigenvalue weighted by molar-refractivity contribution is 0.322. The normalized spacial score (nSPS) is 11.1. The van der Waals surface area contributed by atoms with Crippen LogP contribution in [0.4, 0.5) is 0 Å². The molecule has 5 nitrogen and oxygen atoms in total. The summed E-state index contributed by atoms with van der Waals surface area (Å²) < 4.78 is 5.68. The highest BCUT2D eigenvalue weighted by molar-refractivity contribution is 14.0. The average Bonchev–Trinajstić information content (AvgIpc) is 3.00. The molecule has 3 aromatic rings. The molecule has 0 amide bonds. The number of aromatic amines is 1. The van der Waals surface area contributed by atoms with E-state index >= 15 is 0 Å². The highest BCUT2D eigenvalue weighted by Crippen LogP contribution is 2.21. The summed E-state index contributed by atoms with van der Waals surface area (Å²) in [6.45, 7) is 4.23. The van der Waals surface area contributed by atoms with Gasteiger partial charge in [0.2, 0.25) is 0 Å². The van der Waals surface area contributed by atoms with Crippen LogP contribution in [0, 0.1) is 6.92 Å². The van der Waals surface area contributed by atoms with Gasteiger partial charge in [-0.25, -0.2) is 0 Å². The number of nitrogens with zero attached hydrogens (tertiary/aromatic N) is 1. The summed E-state index contributed by atoms with van der Waals surface area (Å²) >= 11 is 0. The molecule has 0 saturated carbocycles. The molecule has 0 unspecified atom stereocenters. The van der Waals surface area contributed by atoms with Crippen molar-refractivity contribution in [2.45, 2.75) is 13.3 Å². The Morgan fingerprint density at radius 2 is 1.70 bits per heavy atom. The molecule has 27 heavy (non-hydrogen) atoms. The summed E-state index contributed by atoms with van der Waals surface area (Å²) in [7, 11) is 1.78. The molecule has 6 heteroatoms. The van der Waals surface area contributed by atoms with Crippen LogP contribution in [-0.2, 0) is 6.42 Å². The van der Waals surface area contributed by atoms with E-state index < -0.39 is 0 Å². The Kier molecular flexibility index (Phi) is 8.44. The van der Waals surface area contributed by atoms with Crippen molar-refractivity contribution in [1.82, 2.24) is 15.6 Å². The van der Waals surface area contributed by atoms with Crippen molar-refractivity contribution in [3.05, 3.63) is 65.9 Å². The molecule has 0 bridgehead atoms. The zero-order chi connectivity index (χ0) is 18.2. The number of benzene rings is 2. The van der Waals surface area contributed by atoms with Crippen molar-refractivity contribution < 1.29 is 4.74 Å². The maximum atomic E-state index is 5.68. The molecule has 0 atom stereocenters. The highest BCUT2D eigenvalue weighted by atomic mass is 127. The smallest absolute Gasteiger partial charge is 0.191 e. The van der Waals surface area contributed by atoms with Gasteiger partial charge in [0.25, 0.3) is 0 Å². The van der Waals surface area contributed by atoms with Crippen molar-refractivity contribution in [3.8, 4) is 5.75 Å². The standard InChI is InChI=1S/C21H26N4O.HI/c1-16-18(19-10-6-7-11-20(19)25-16)12-13-23-21(22-2)24-14-15-26-17-8-4-3-5-9-17;/h3-11,25H,12-15H2,1-2H3,(H2,22,23,24);1H. The molecule has 1 heterocycles. The number of aliphatic imine (C=N–C) groups is 1. The van der Waals surface area contributed by atoms with Crippen LogP contribution in [0.15, 0.2) is 59.6 Å². The zero-order valence-electron chi connectivity index (χ0n) is 15.8. The monoisotopic (exact) mass is 478 g/mol. The molecule has 0 fully saturated rings. The number of guanidine groups is 1. The molecule has 1 aromatic heterocycles. The van der Waals surface area contributed by atoms with E-state index in [1.54, 1.807) is 7.05 Å². The SMILES string of the molecule is CN=C(NCCOc1ccccc1)NCCc1c(C)[nH]c2ccccc12.I. The van der Waals surface area contributed by atoms with Crippen molar-refractivity contribution in [2.75, 3.05) is 26.7 Å². The number of H-pyrrole nitrogens is 1. The van der Waals surface area contributed by atoms with E-state index in [4.69, 9.17) is 4.74 Å². The van der Waals surface area contributed by atoms with Crippen LogP contribution in [0.1, 0.15) is 11.3 Å². The second kappa shape index (κ2) is 10.8.